The van der Waals surface area contributed by atoms with Crippen molar-refractivity contribution in [2.24, 2.45) is 5.11 Å². The summed E-state index contributed by atoms with van der Waals surface area (Å²) in [6, 6.07) is 12.2. The van der Waals surface area contributed by atoms with Crippen LogP contribution < -0.4 is 0 Å². The Hall–Kier alpha value is -2.85. The molecule has 3 aromatic rings. The lowest BCUT2D eigenvalue weighted by Gasteiger charge is -2.09. The second-order valence-corrected chi connectivity index (χ2v) is 5.38. The highest BCUT2D eigenvalue weighted by molar-refractivity contribution is 5.74. The van der Waals surface area contributed by atoms with Gasteiger partial charge in [-0.2, -0.15) is 0 Å². The van der Waals surface area contributed by atoms with Crippen LogP contribution in [0, 0.1) is 6.92 Å². The minimum absolute atomic E-state index is 0.477. The average molecular weight is 306 g/mol. The van der Waals surface area contributed by atoms with Crippen molar-refractivity contribution in [2.45, 2.75) is 26.7 Å². The predicted octanol–water partition coefficient (Wildman–Crippen LogP) is 4.14. The van der Waals surface area contributed by atoms with Crippen molar-refractivity contribution in [3.63, 3.8) is 0 Å². The van der Waals surface area contributed by atoms with E-state index in [0.717, 1.165) is 46.8 Å². The van der Waals surface area contributed by atoms with E-state index in [-0.39, 0.29) is 0 Å². The van der Waals surface area contributed by atoms with Gasteiger partial charge in [0.25, 0.3) is 0 Å². The maximum absolute atomic E-state index is 8.34. The number of pyridine rings is 1. The van der Waals surface area contributed by atoms with Gasteiger partial charge in [0, 0.05) is 29.3 Å². The highest BCUT2D eigenvalue weighted by Crippen LogP contribution is 2.21. The number of rotatable bonds is 5. The number of benzene rings is 1. The Labute approximate surface area is 134 Å². The normalized spacial score (nSPS) is 10.7. The summed E-state index contributed by atoms with van der Waals surface area (Å²) in [5.74, 6) is 1.000. The van der Waals surface area contributed by atoms with Crippen LogP contribution in [0.2, 0.25) is 0 Å². The fourth-order valence-electron chi connectivity index (χ4n) is 2.64. The van der Waals surface area contributed by atoms with E-state index in [0.29, 0.717) is 6.54 Å². The van der Waals surface area contributed by atoms with Gasteiger partial charge in [-0.1, -0.05) is 24.2 Å². The van der Waals surface area contributed by atoms with Crippen molar-refractivity contribution in [3.05, 3.63) is 63.9 Å². The van der Waals surface area contributed by atoms with Crippen molar-refractivity contribution in [1.82, 2.24) is 14.5 Å². The molecule has 0 aliphatic carbocycles. The van der Waals surface area contributed by atoms with E-state index >= 15 is 0 Å². The first-order valence-corrected chi connectivity index (χ1v) is 7.68. The van der Waals surface area contributed by atoms with Gasteiger partial charge < -0.3 is 0 Å². The number of hydrogen-bond donors (Lipinski definition) is 0. The molecule has 0 saturated carbocycles. The molecule has 6 nitrogen and oxygen atoms in total. The number of azide groups is 1. The fraction of sp³-hybridized carbons (Fsp3) is 0.294. The summed E-state index contributed by atoms with van der Waals surface area (Å²) in [6.45, 7) is 4.56. The number of nitrogens with zero attached hydrogens (tertiary/aromatic N) is 6. The van der Waals surface area contributed by atoms with Gasteiger partial charge in [-0.15, -0.1) is 0 Å². The van der Waals surface area contributed by atoms with Crippen LogP contribution in [0.3, 0.4) is 0 Å². The maximum atomic E-state index is 8.34. The molecule has 0 amide bonds. The molecule has 116 valence electrons. The Bertz CT molecular complexity index is 872. The first-order chi connectivity index (χ1) is 11.2. The molecule has 0 spiro atoms. The first kappa shape index (κ1) is 15.1. The summed E-state index contributed by atoms with van der Waals surface area (Å²) < 4.78 is 2.11. The molecule has 0 radical (unpaired) electrons. The van der Waals surface area contributed by atoms with E-state index in [4.69, 9.17) is 5.53 Å². The zero-order chi connectivity index (χ0) is 16.2. The lowest BCUT2D eigenvalue weighted by Crippen LogP contribution is -2.01. The minimum Gasteiger partial charge on any atom is -0.281 e. The van der Waals surface area contributed by atoms with E-state index in [1.165, 1.54) is 0 Å². The number of aromatic nitrogens is 3. The molecule has 2 heterocycles. The van der Waals surface area contributed by atoms with Crippen molar-refractivity contribution in [3.8, 4) is 5.69 Å². The summed E-state index contributed by atoms with van der Waals surface area (Å²) in [6.07, 6.45) is 1.58. The van der Waals surface area contributed by atoms with Crippen LogP contribution in [0.15, 0.2) is 41.5 Å². The van der Waals surface area contributed by atoms with Gasteiger partial charge in [-0.05, 0) is 48.7 Å². The van der Waals surface area contributed by atoms with Crippen molar-refractivity contribution >= 4 is 11.2 Å². The van der Waals surface area contributed by atoms with E-state index in [1.807, 2.05) is 19.1 Å². The summed E-state index contributed by atoms with van der Waals surface area (Å²) in [5.41, 5.74) is 13.3. The van der Waals surface area contributed by atoms with Gasteiger partial charge in [0.15, 0.2) is 5.65 Å². The van der Waals surface area contributed by atoms with Crippen molar-refractivity contribution < 1.29 is 0 Å². The monoisotopic (exact) mass is 306 g/mol. The molecule has 6 heteroatoms. The van der Waals surface area contributed by atoms with Crippen LogP contribution in [0.4, 0.5) is 0 Å². The van der Waals surface area contributed by atoms with Gasteiger partial charge >= 0.3 is 0 Å². The molecule has 0 unspecified atom stereocenters. The highest BCUT2D eigenvalue weighted by atomic mass is 15.1. The van der Waals surface area contributed by atoms with Crippen LogP contribution in [0.1, 0.15) is 24.0 Å². The number of hydrogen-bond acceptors (Lipinski definition) is 3. The SMILES string of the molecule is CCc1nc2ccc(C)nc2n1-c1ccc(CCN=[N+]=[N-])cc1. The summed E-state index contributed by atoms with van der Waals surface area (Å²) in [5, 5.41) is 3.57. The molecule has 23 heavy (non-hydrogen) atoms. The first-order valence-electron chi connectivity index (χ1n) is 7.68. The van der Waals surface area contributed by atoms with Crippen LogP contribution in [-0.4, -0.2) is 21.1 Å². The Morgan fingerprint density at radius 2 is 1.91 bits per heavy atom. The van der Waals surface area contributed by atoms with E-state index in [9.17, 15) is 0 Å². The minimum atomic E-state index is 0.477. The zero-order valence-electron chi connectivity index (χ0n) is 13.3. The standard InChI is InChI=1S/C17H18N6/c1-3-16-21-15-9-4-12(2)20-17(15)23(16)14-7-5-13(6-8-14)10-11-19-22-18/h4-9H,3,10-11H2,1-2H3. The molecule has 0 aliphatic rings. The quantitative estimate of drug-likeness (QED) is 0.403. The van der Waals surface area contributed by atoms with Crippen LogP contribution >= 0.6 is 0 Å². The van der Waals surface area contributed by atoms with Gasteiger partial charge in [0.2, 0.25) is 0 Å². The van der Waals surface area contributed by atoms with Gasteiger partial charge in [-0.3, -0.25) is 4.57 Å². The topological polar surface area (TPSA) is 79.5 Å². The van der Waals surface area contributed by atoms with Crippen molar-refractivity contribution in [1.29, 1.82) is 0 Å². The summed E-state index contributed by atoms with van der Waals surface area (Å²) in [4.78, 5) is 12.1. The number of fused-ring (bicyclic) bond motifs is 1. The molecule has 0 N–H and O–H groups in total. The Morgan fingerprint density at radius 3 is 2.61 bits per heavy atom. The summed E-state index contributed by atoms with van der Waals surface area (Å²) in [7, 11) is 0. The van der Waals surface area contributed by atoms with E-state index in [2.05, 4.69) is 55.8 Å². The van der Waals surface area contributed by atoms with Crippen LogP contribution in [-0.2, 0) is 12.8 Å². The molecular weight excluding hydrogens is 288 g/mol. The van der Waals surface area contributed by atoms with Crippen LogP contribution in [0.5, 0.6) is 0 Å². The second kappa shape index (κ2) is 6.50. The smallest absolute Gasteiger partial charge is 0.164 e. The predicted molar refractivity (Wildman–Crippen MR) is 90.7 cm³/mol. The zero-order valence-corrected chi connectivity index (χ0v) is 13.3. The number of imidazole rings is 1. The lowest BCUT2D eigenvalue weighted by atomic mass is 10.1. The average Bonchev–Trinajstić information content (AvgIpc) is 2.93. The molecular formula is C17H18N6. The molecule has 3 rings (SSSR count). The Morgan fingerprint density at radius 1 is 1.13 bits per heavy atom. The third-order valence-electron chi connectivity index (χ3n) is 3.79. The van der Waals surface area contributed by atoms with Gasteiger partial charge in [0.05, 0.1) is 0 Å². The molecule has 2 aromatic heterocycles. The van der Waals surface area contributed by atoms with E-state index < -0.39 is 0 Å². The molecule has 0 fully saturated rings. The van der Waals surface area contributed by atoms with Crippen LogP contribution in [0.25, 0.3) is 27.3 Å². The highest BCUT2D eigenvalue weighted by Gasteiger charge is 2.12. The fourth-order valence-corrected chi connectivity index (χ4v) is 2.64. The third kappa shape index (κ3) is 3.03. The molecule has 0 saturated heterocycles. The molecule has 0 aliphatic heterocycles. The Kier molecular flexibility index (Phi) is 4.26. The molecule has 1 aromatic carbocycles. The van der Waals surface area contributed by atoms with Gasteiger partial charge in [-0.25, -0.2) is 9.97 Å². The van der Waals surface area contributed by atoms with E-state index in [1.54, 1.807) is 0 Å². The maximum Gasteiger partial charge on any atom is 0.164 e. The molecule has 0 bridgehead atoms. The second-order valence-electron chi connectivity index (χ2n) is 5.38. The third-order valence-corrected chi connectivity index (χ3v) is 3.79. The lowest BCUT2D eigenvalue weighted by molar-refractivity contribution is 0.897. The molecule has 0 atom stereocenters. The van der Waals surface area contributed by atoms with Gasteiger partial charge in [0.1, 0.15) is 11.3 Å². The van der Waals surface area contributed by atoms with Crippen molar-refractivity contribution in [2.75, 3.05) is 6.54 Å². The Balaban J connectivity index is 2.02. The summed E-state index contributed by atoms with van der Waals surface area (Å²) >= 11 is 0. The number of aryl methyl sites for hydroxylation is 2. The largest absolute Gasteiger partial charge is 0.281 e.